The standard InChI is InChI=1S/C20H20N4O4/c1-3-16(14-7-9-15(10-8-14)28-12-18(25)26)22-23-20(27)19-13(2)21-17-6-4-5-11-24(17)19/h4-11H,3,12H2,1-2H3,(H,23,27)(H,25,26)/p-1/b22-16-. The molecule has 8 heteroatoms. The van der Waals surface area contributed by atoms with E-state index in [4.69, 9.17) is 4.74 Å². The molecule has 0 unspecified atom stereocenters. The van der Waals surface area contributed by atoms with Crippen molar-refractivity contribution in [3.63, 3.8) is 0 Å². The summed E-state index contributed by atoms with van der Waals surface area (Å²) in [6, 6.07) is 12.3. The van der Waals surface area contributed by atoms with Crippen LogP contribution in [0.15, 0.2) is 53.8 Å². The Morgan fingerprint density at radius 1 is 1.21 bits per heavy atom. The summed E-state index contributed by atoms with van der Waals surface area (Å²) in [5, 5.41) is 14.7. The molecule has 0 saturated heterocycles. The van der Waals surface area contributed by atoms with Crippen molar-refractivity contribution in [3.8, 4) is 5.75 Å². The molecule has 3 aromatic rings. The molecule has 1 amide bonds. The molecule has 2 aromatic heterocycles. The first kappa shape index (κ1) is 19.1. The van der Waals surface area contributed by atoms with Gasteiger partial charge in [0.15, 0.2) is 0 Å². The first-order valence-electron chi connectivity index (χ1n) is 8.73. The zero-order valence-electron chi connectivity index (χ0n) is 15.5. The van der Waals surface area contributed by atoms with Gasteiger partial charge in [0.1, 0.15) is 23.7 Å². The van der Waals surface area contributed by atoms with E-state index < -0.39 is 12.6 Å². The Morgan fingerprint density at radius 3 is 2.64 bits per heavy atom. The number of amides is 1. The second-order valence-corrected chi connectivity index (χ2v) is 6.01. The maximum absolute atomic E-state index is 12.6. The first-order valence-corrected chi connectivity index (χ1v) is 8.73. The molecule has 144 valence electrons. The summed E-state index contributed by atoms with van der Waals surface area (Å²) in [6.45, 7) is 3.19. The van der Waals surface area contributed by atoms with Gasteiger partial charge in [-0.15, -0.1) is 0 Å². The first-order chi connectivity index (χ1) is 13.5. The summed E-state index contributed by atoms with van der Waals surface area (Å²) < 4.78 is 6.77. The number of imidazole rings is 1. The van der Waals surface area contributed by atoms with Crippen LogP contribution in [0.3, 0.4) is 0 Å². The summed E-state index contributed by atoms with van der Waals surface area (Å²) >= 11 is 0. The Bertz CT molecular complexity index is 1040. The summed E-state index contributed by atoms with van der Waals surface area (Å²) in [7, 11) is 0. The van der Waals surface area contributed by atoms with E-state index in [1.54, 1.807) is 41.8 Å². The lowest BCUT2D eigenvalue weighted by Gasteiger charge is -2.09. The molecule has 0 saturated carbocycles. The molecule has 0 aliphatic carbocycles. The van der Waals surface area contributed by atoms with Crippen molar-refractivity contribution in [3.05, 3.63) is 65.6 Å². The molecule has 28 heavy (non-hydrogen) atoms. The van der Waals surface area contributed by atoms with Crippen molar-refractivity contribution in [2.75, 3.05) is 6.61 Å². The van der Waals surface area contributed by atoms with Crippen LogP contribution in [-0.2, 0) is 4.79 Å². The summed E-state index contributed by atoms with van der Waals surface area (Å²) in [6.07, 6.45) is 2.37. The fourth-order valence-electron chi connectivity index (χ4n) is 2.79. The lowest BCUT2D eigenvalue weighted by Crippen LogP contribution is -2.28. The molecular weight excluding hydrogens is 360 g/mol. The van der Waals surface area contributed by atoms with Crippen molar-refractivity contribution < 1.29 is 19.4 Å². The number of carboxylic acid groups (broad SMARTS) is 1. The number of nitrogens with one attached hydrogen (secondary N) is 1. The van der Waals surface area contributed by atoms with Crippen LogP contribution in [0.4, 0.5) is 0 Å². The number of pyridine rings is 1. The Kier molecular flexibility index (Phi) is 5.69. The van der Waals surface area contributed by atoms with Gasteiger partial charge in [-0.25, -0.2) is 10.4 Å². The summed E-state index contributed by atoms with van der Waals surface area (Å²) in [5.41, 5.74) is 5.80. The monoisotopic (exact) mass is 379 g/mol. The van der Waals surface area contributed by atoms with Gasteiger partial charge in [-0.05, 0) is 55.3 Å². The van der Waals surface area contributed by atoms with Crippen LogP contribution in [0, 0.1) is 6.92 Å². The van der Waals surface area contributed by atoms with Gasteiger partial charge in [0.25, 0.3) is 5.91 Å². The third-order valence-corrected chi connectivity index (χ3v) is 4.09. The smallest absolute Gasteiger partial charge is 0.290 e. The number of aryl methyl sites for hydroxylation is 1. The predicted octanol–water partition coefficient (Wildman–Crippen LogP) is 1.32. The fourth-order valence-corrected chi connectivity index (χ4v) is 2.79. The Morgan fingerprint density at radius 2 is 1.96 bits per heavy atom. The third-order valence-electron chi connectivity index (χ3n) is 4.09. The molecule has 0 aliphatic rings. The van der Waals surface area contributed by atoms with Crippen molar-refractivity contribution in [2.24, 2.45) is 5.10 Å². The Hall–Kier alpha value is -3.68. The molecule has 0 fully saturated rings. The number of aromatic nitrogens is 2. The second-order valence-electron chi connectivity index (χ2n) is 6.01. The van der Waals surface area contributed by atoms with Crippen molar-refractivity contribution in [1.29, 1.82) is 0 Å². The highest BCUT2D eigenvalue weighted by Gasteiger charge is 2.16. The van der Waals surface area contributed by atoms with Gasteiger partial charge >= 0.3 is 0 Å². The highest BCUT2D eigenvalue weighted by Crippen LogP contribution is 2.15. The molecule has 0 atom stereocenters. The average Bonchev–Trinajstić information content (AvgIpc) is 3.03. The Labute approximate surface area is 161 Å². The van der Waals surface area contributed by atoms with Gasteiger partial charge < -0.3 is 14.6 Å². The van der Waals surface area contributed by atoms with Crippen molar-refractivity contribution >= 4 is 23.2 Å². The summed E-state index contributed by atoms with van der Waals surface area (Å²) in [4.78, 5) is 27.5. The molecule has 0 spiro atoms. The molecule has 0 aliphatic heterocycles. The van der Waals surface area contributed by atoms with Crippen LogP contribution in [0.5, 0.6) is 5.75 Å². The minimum Gasteiger partial charge on any atom is -0.546 e. The summed E-state index contributed by atoms with van der Waals surface area (Å²) in [5.74, 6) is -1.23. The van der Waals surface area contributed by atoms with Gasteiger partial charge in [-0.1, -0.05) is 13.0 Å². The van der Waals surface area contributed by atoms with Crippen LogP contribution < -0.4 is 15.3 Å². The number of ether oxygens (including phenoxy) is 1. The van der Waals surface area contributed by atoms with Crippen LogP contribution in [0.1, 0.15) is 35.1 Å². The third kappa shape index (κ3) is 4.17. The van der Waals surface area contributed by atoms with Gasteiger partial charge in [-0.3, -0.25) is 9.20 Å². The van der Waals surface area contributed by atoms with Crippen LogP contribution in [-0.4, -0.2) is 33.6 Å². The molecule has 1 aromatic carbocycles. The van der Waals surface area contributed by atoms with Crippen molar-refractivity contribution in [1.82, 2.24) is 14.8 Å². The molecule has 1 N–H and O–H groups in total. The van der Waals surface area contributed by atoms with Crippen LogP contribution >= 0.6 is 0 Å². The topological polar surface area (TPSA) is 108 Å². The average molecular weight is 379 g/mol. The number of carbonyl (C=O) groups excluding carboxylic acids is 2. The SMILES string of the molecule is CC/C(=N/NC(=O)c1c(C)nc2ccccn12)c1ccc(OCC(=O)[O-])cc1. The van der Waals surface area contributed by atoms with E-state index in [9.17, 15) is 14.7 Å². The van der Waals surface area contributed by atoms with E-state index in [1.807, 2.05) is 25.1 Å². The highest BCUT2D eigenvalue weighted by atomic mass is 16.5. The number of nitrogens with zero attached hydrogens (tertiary/aromatic N) is 3. The van der Waals surface area contributed by atoms with Gasteiger partial charge in [-0.2, -0.15) is 5.10 Å². The fraction of sp³-hybridized carbons (Fsp3) is 0.200. The van der Waals surface area contributed by atoms with Gasteiger partial charge in [0, 0.05) is 6.20 Å². The molecule has 0 radical (unpaired) electrons. The van der Waals surface area contributed by atoms with E-state index in [0.717, 1.165) is 5.56 Å². The zero-order valence-corrected chi connectivity index (χ0v) is 15.5. The van der Waals surface area contributed by atoms with Gasteiger partial charge in [0.2, 0.25) is 0 Å². The number of hydrogen-bond acceptors (Lipinski definition) is 6. The minimum atomic E-state index is -1.29. The Balaban J connectivity index is 1.76. The van der Waals surface area contributed by atoms with E-state index >= 15 is 0 Å². The van der Waals surface area contributed by atoms with E-state index in [0.29, 0.717) is 34.9 Å². The molecule has 2 heterocycles. The zero-order chi connectivity index (χ0) is 20.1. The van der Waals surface area contributed by atoms with Crippen molar-refractivity contribution in [2.45, 2.75) is 20.3 Å². The van der Waals surface area contributed by atoms with E-state index in [1.165, 1.54) is 0 Å². The maximum atomic E-state index is 12.6. The largest absolute Gasteiger partial charge is 0.546 e. The second kappa shape index (κ2) is 8.34. The lowest BCUT2D eigenvalue weighted by molar-refractivity contribution is -0.307. The number of carboxylic acids is 1. The minimum absolute atomic E-state index is 0.351. The van der Waals surface area contributed by atoms with Crippen LogP contribution in [0.2, 0.25) is 0 Å². The van der Waals surface area contributed by atoms with E-state index in [2.05, 4.69) is 15.5 Å². The maximum Gasteiger partial charge on any atom is 0.290 e. The number of hydrogen-bond donors (Lipinski definition) is 1. The normalized spacial score (nSPS) is 11.4. The van der Waals surface area contributed by atoms with E-state index in [-0.39, 0.29) is 5.91 Å². The molecule has 8 nitrogen and oxygen atoms in total. The molecule has 3 rings (SSSR count). The van der Waals surface area contributed by atoms with Gasteiger partial charge in [0.05, 0.1) is 17.4 Å². The number of carbonyl (C=O) groups is 2. The number of fused-ring (bicyclic) bond motifs is 1. The number of hydrazone groups is 1. The molecule has 0 bridgehead atoms. The number of benzene rings is 1. The highest BCUT2D eigenvalue weighted by molar-refractivity contribution is 6.02. The quantitative estimate of drug-likeness (QED) is 0.492. The van der Waals surface area contributed by atoms with Crippen LogP contribution in [0.25, 0.3) is 5.65 Å². The number of rotatable bonds is 7. The number of aliphatic carboxylic acids is 1. The predicted molar refractivity (Wildman–Crippen MR) is 101 cm³/mol. The molecular formula is C20H19N4O4-. The lowest BCUT2D eigenvalue weighted by atomic mass is 10.1.